The van der Waals surface area contributed by atoms with E-state index in [4.69, 9.17) is 19.9 Å². The zero-order valence-electron chi connectivity index (χ0n) is 40.7. The van der Waals surface area contributed by atoms with E-state index in [2.05, 4.69) is 41.2 Å². The monoisotopic (exact) mass is 1020 g/mol. The van der Waals surface area contributed by atoms with E-state index < -0.39 is 39.3 Å². The van der Waals surface area contributed by atoms with Crippen molar-refractivity contribution in [3.05, 3.63) is 135 Å². The molecule has 22 heteroatoms. The number of H-pyrrole nitrogens is 1. The Hall–Kier alpha value is -7.92. The number of para-hydroxylation sites is 2. The number of anilines is 2. The molecule has 7 N–H and O–H groups in total. The highest BCUT2D eigenvalue weighted by molar-refractivity contribution is 7.85. The van der Waals surface area contributed by atoms with Crippen LogP contribution in [0.15, 0.2) is 95.9 Å². The molecule has 0 aliphatic carbocycles. The van der Waals surface area contributed by atoms with Crippen molar-refractivity contribution in [2.24, 2.45) is 5.92 Å². The van der Waals surface area contributed by atoms with Crippen molar-refractivity contribution >= 4 is 78.4 Å². The first kappa shape index (κ1) is 52.9. The number of hydrogen-bond donors (Lipinski definition) is 6. The molecule has 0 fully saturated rings. The fourth-order valence-corrected chi connectivity index (χ4v) is 8.61. The average Bonchev–Trinajstić information content (AvgIpc) is 3.35. The van der Waals surface area contributed by atoms with Crippen molar-refractivity contribution in [2.75, 3.05) is 56.3 Å². The normalized spacial score (nSPS) is 12.0. The smallest absolute Gasteiger partial charge is 0.345 e. The minimum Gasteiger partial charge on any atom is -0.748 e. The van der Waals surface area contributed by atoms with Gasteiger partial charge in [0, 0.05) is 54.2 Å². The third-order valence-corrected chi connectivity index (χ3v) is 12.4. The van der Waals surface area contributed by atoms with Crippen LogP contribution >= 0.6 is 0 Å². The van der Waals surface area contributed by atoms with Gasteiger partial charge in [0.25, 0.3) is 17.4 Å². The van der Waals surface area contributed by atoms with Crippen molar-refractivity contribution in [3.8, 4) is 5.75 Å². The number of nitrogens with one attached hydrogen (secondary N) is 5. The number of carbonyl (C=O) groups excluding carboxylic acids is 4. The zero-order valence-corrected chi connectivity index (χ0v) is 41.5. The molecule has 7 rings (SSSR count). The molecule has 3 amide bonds. The standard InChI is InChI=1S/C51H56N10O11S/c1-30(2)42(58-47(63)33-14-16-35(17-15-33)55-28-36-29-56-45-43(57-36)49(65)60-51(52)59-45)48(64)54-19-22-71-24-23-70-21-18-53-46(62)34-26-31(3)44(32(4)27-34)72-50(66)41-37-10-5-7-12-39(37)61(20-9-25-73(67,68)69)40-13-8-6-11-38(40)41/h5-8,10-17,26-27,29-30,42H,9,18-25,28H2,1-4H3,(H7-,52,53,54,55,56,58,59,60,62,63,64,65,67,68,69). The molecule has 1 atom stereocenters. The summed E-state index contributed by atoms with van der Waals surface area (Å²) in [7, 11) is -4.40. The average molecular weight is 1020 g/mol. The number of amides is 3. The van der Waals surface area contributed by atoms with Gasteiger partial charge in [-0.1, -0.05) is 38.1 Å². The Morgan fingerprint density at radius 3 is 2.04 bits per heavy atom. The number of pyridine rings is 1. The van der Waals surface area contributed by atoms with Crippen LogP contribution in [0.1, 0.15) is 68.2 Å². The molecule has 3 aromatic heterocycles. The SMILES string of the molecule is Cc1cc(C(=O)NCCOCCOCCNC(=O)C(NC(=O)c2ccc(NCc3cnc4nc(N)[nH]c(=O)c4n3)cc2)C(C)C)cc(C)c1OC(=O)c1c2ccccc2[n+](CCCS(=O)(=O)[O-])c2ccccc12. The summed E-state index contributed by atoms with van der Waals surface area (Å²) in [5.41, 5.74) is 10.0. The van der Waals surface area contributed by atoms with Crippen LogP contribution in [0.4, 0.5) is 11.6 Å². The maximum absolute atomic E-state index is 14.1. The van der Waals surface area contributed by atoms with Crippen LogP contribution in [0, 0.1) is 19.8 Å². The van der Waals surface area contributed by atoms with Crippen LogP contribution in [-0.4, -0.2) is 108 Å². The number of carbonyl (C=O) groups is 4. The molecular weight excluding hydrogens is 961 g/mol. The fourth-order valence-electron chi connectivity index (χ4n) is 8.13. The topological polar surface area (TPSA) is 303 Å². The van der Waals surface area contributed by atoms with Gasteiger partial charge in [-0.2, -0.15) is 9.55 Å². The predicted octanol–water partition coefficient (Wildman–Crippen LogP) is 3.61. The van der Waals surface area contributed by atoms with E-state index >= 15 is 0 Å². The molecular formula is C51H56N10O11S. The van der Waals surface area contributed by atoms with E-state index in [0.29, 0.717) is 66.8 Å². The molecule has 382 valence electrons. The van der Waals surface area contributed by atoms with Crippen LogP contribution in [0.25, 0.3) is 33.0 Å². The highest BCUT2D eigenvalue weighted by Gasteiger charge is 2.27. The second kappa shape index (κ2) is 24.0. The van der Waals surface area contributed by atoms with Crippen molar-refractivity contribution in [3.63, 3.8) is 0 Å². The number of aromatic nitrogens is 5. The van der Waals surface area contributed by atoms with Crippen LogP contribution in [-0.2, 0) is 37.5 Å². The van der Waals surface area contributed by atoms with E-state index in [9.17, 15) is 36.9 Å². The Morgan fingerprint density at radius 1 is 0.808 bits per heavy atom. The summed E-state index contributed by atoms with van der Waals surface area (Å²) in [6.45, 7) is 8.96. The van der Waals surface area contributed by atoms with E-state index in [1.165, 1.54) is 6.20 Å². The number of ether oxygens (including phenoxy) is 3. The highest BCUT2D eigenvalue weighted by atomic mass is 32.2. The number of nitrogen functional groups attached to an aromatic ring is 1. The summed E-state index contributed by atoms with van der Waals surface area (Å²) < 4.78 is 53.2. The van der Waals surface area contributed by atoms with Crippen molar-refractivity contribution in [1.29, 1.82) is 0 Å². The van der Waals surface area contributed by atoms with E-state index in [1.54, 1.807) is 74.5 Å². The molecule has 0 radical (unpaired) electrons. The Kier molecular flexibility index (Phi) is 17.4. The molecule has 3 heterocycles. The number of fused-ring (bicyclic) bond motifs is 3. The summed E-state index contributed by atoms with van der Waals surface area (Å²) in [6.07, 6.45) is 1.59. The first-order valence-corrected chi connectivity index (χ1v) is 25.0. The van der Waals surface area contributed by atoms with Gasteiger partial charge in [0.05, 0.1) is 71.3 Å². The number of nitrogens with zero attached hydrogens (tertiary/aromatic N) is 4. The maximum atomic E-state index is 14.1. The lowest BCUT2D eigenvalue weighted by atomic mass is 10.0. The maximum Gasteiger partial charge on any atom is 0.345 e. The van der Waals surface area contributed by atoms with Gasteiger partial charge < -0.3 is 45.8 Å². The van der Waals surface area contributed by atoms with Gasteiger partial charge in [-0.3, -0.25) is 24.2 Å². The van der Waals surface area contributed by atoms with Gasteiger partial charge in [0.2, 0.25) is 22.9 Å². The lowest BCUT2D eigenvalue weighted by molar-refractivity contribution is -0.645. The molecule has 4 aromatic carbocycles. The molecule has 0 saturated heterocycles. The third-order valence-electron chi connectivity index (χ3n) is 11.6. The summed E-state index contributed by atoms with van der Waals surface area (Å²) in [4.78, 5) is 80.4. The summed E-state index contributed by atoms with van der Waals surface area (Å²) in [6, 6.07) is 23.6. The number of aromatic amines is 1. The Morgan fingerprint density at radius 2 is 1.42 bits per heavy atom. The number of esters is 1. The van der Waals surface area contributed by atoms with Gasteiger partial charge >= 0.3 is 5.97 Å². The van der Waals surface area contributed by atoms with Gasteiger partial charge in [-0.05, 0) is 79.4 Å². The lowest BCUT2D eigenvalue weighted by Gasteiger charge is -2.22. The molecule has 21 nitrogen and oxygen atoms in total. The second-order valence-electron chi connectivity index (χ2n) is 17.4. The lowest BCUT2D eigenvalue weighted by Crippen LogP contribution is -2.50. The van der Waals surface area contributed by atoms with Crippen LogP contribution in [0.5, 0.6) is 5.75 Å². The molecule has 0 aliphatic rings. The number of rotatable bonds is 23. The first-order chi connectivity index (χ1) is 35.0. The summed E-state index contributed by atoms with van der Waals surface area (Å²) in [5, 5.41) is 12.8. The predicted molar refractivity (Wildman–Crippen MR) is 271 cm³/mol. The van der Waals surface area contributed by atoms with Crippen molar-refractivity contribution < 1.29 is 50.9 Å². The Balaban J connectivity index is 0.806. The quantitative estimate of drug-likeness (QED) is 0.0133. The Bertz CT molecular complexity index is 3270. The second-order valence-corrected chi connectivity index (χ2v) is 18.9. The van der Waals surface area contributed by atoms with Crippen molar-refractivity contribution in [1.82, 2.24) is 35.9 Å². The Labute approximate surface area is 420 Å². The third kappa shape index (κ3) is 13.7. The van der Waals surface area contributed by atoms with Gasteiger partial charge in [-0.25, -0.2) is 23.2 Å². The van der Waals surface area contributed by atoms with Gasteiger partial charge in [0.1, 0.15) is 11.8 Å². The molecule has 1 unspecified atom stereocenters. The van der Waals surface area contributed by atoms with Gasteiger partial charge in [0.15, 0.2) is 17.7 Å². The minimum absolute atomic E-state index is 0.0480. The van der Waals surface area contributed by atoms with Crippen molar-refractivity contribution in [2.45, 2.75) is 53.2 Å². The number of nitrogens with two attached hydrogens (primary N) is 1. The molecule has 0 bridgehead atoms. The molecule has 7 aromatic rings. The van der Waals surface area contributed by atoms with E-state index in [1.807, 2.05) is 42.7 Å². The number of benzene rings is 4. The first-order valence-electron chi connectivity index (χ1n) is 23.4. The molecule has 73 heavy (non-hydrogen) atoms. The van der Waals surface area contributed by atoms with E-state index in [-0.39, 0.29) is 93.9 Å². The molecule has 0 saturated carbocycles. The largest absolute Gasteiger partial charge is 0.748 e. The molecule has 0 aliphatic heterocycles. The van der Waals surface area contributed by atoms with Gasteiger partial charge in [-0.15, -0.1) is 0 Å². The molecule has 0 spiro atoms. The fraction of sp³-hybridized carbons (Fsp3) is 0.314. The number of aryl methyl sites for hydroxylation is 3. The zero-order chi connectivity index (χ0) is 52.2. The van der Waals surface area contributed by atoms with Crippen LogP contribution < -0.4 is 41.9 Å². The summed E-state index contributed by atoms with van der Waals surface area (Å²) >= 11 is 0. The highest BCUT2D eigenvalue weighted by Crippen LogP contribution is 2.30. The number of hydrogen-bond acceptors (Lipinski definition) is 16. The van der Waals surface area contributed by atoms with Crippen LogP contribution in [0.3, 0.4) is 0 Å². The van der Waals surface area contributed by atoms with E-state index in [0.717, 1.165) is 0 Å². The summed E-state index contributed by atoms with van der Waals surface area (Å²) in [5.74, 6) is -2.18. The minimum atomic E-state index is -4.40. The van der Waals surface area contributed by atoms with Crippen LogP contribution in [0.2, 0.25) is 0 Å².